The average molecular weight is 219 g/mol. The third kappa shape index (κ3) is 3.23. The molecule has 0 atom stereocenters. The number of halogens is 1. The van der Waals surface area contributed by atoms with Gasteiger partial charge in [-0.1, -0.05) is 17.7 Å². The number of benzene rings is 1. The summed E-state index contributed by atoms with van der Waals surface area (Å²) in [6.07, 6.45) is 2.20. The zero-order valence-electron chi connectivity index (χ0n) is 8.50. The lowest BCUT2D eigenvalue weighted by molar-refractivity contribution is 1.26. The van der Waals surface area contributed by atoms with Crippen LogP contribution < -0.4 is 0 Å². The maximum absolute atomic E-state index is 8.59. The zero-order valence-corrected chi connectivity index (χ0v) is 9.25. The van der Waals surface area contributed by atoms with E-state index in [4.69, 9.17) is 16.9 Å². The number of nitrogens with zero attached hydrogens (tertiary/aromatic N) is 2. The summed E-state index contributed by atoms with van der Waals surface area (Å²) in [5, 5.41) is 9.27. The van der Waals surface area contributed by atoms with Crippen LogP contribution in [0.15, 0.2) is 28.2 Å². The van der Waals surface area contributed by atoms with Crippen molar-refractivity contribution < 1.29 is 0 Å². The van der Waals surface area contributed by atoms with E-state index < -0.39 is 0 Å². The lowest BCUT2D eigenvalue weighted by atomic mass is 10.1. The molecule has 1 aromatic rings. The van der Waals surface area contributed by atoms with Crippen LogP contribution >= 0.6 is 11.6 Å². The first-order chi connectivity index (χ1) is 7.17. The highest BCUT2D eigenvalue weighted by atomic mass is 35.5. The second-order valence-electron chi connectivity index (χ2n) is 3.12. The molecule has 0 N–H and O–H groups in total. The van der Waals surface area contributed by atoms with Gasteiger partial charge in [0, 0.05) is 10.6 Å². The van der Waals surface area contributed by atoms with Crippen LogP contribution in [0.4, 0.5) is 5.69 Å². The van der Waals surface area contributed by atoms with Gasteiger partial charge in [0.15, 0.2) is 0 Å². The van der Waals surface area contributed by atoms with Crippen molar-refractivity contribution in [3.05, 3.63) is 34.4 Å². The molecule has 2 nitrogen and oxygen atoms in total. The van der Waals surface area contributed by atoms with Crippen molar-refractivity contribution in [2.75, 3.05) is 0 Å². The van der Waals surface area contributed by atoms with Gasteiger partial charge in [-0.2, -0.15) is 5.26 Å². The van der Waals surface area contributed by atoms with Crippen LogP contribution in [-0.2, 0) is 6.42 Å². The van der Waals surface area contributed by atoms with Crippen LogP contribution in [0.3, 0.4) is 0 Å². The van der Waals surface area contributed by atoms with Crippen LogP contribution in [0.1, 0.15) is 18.1 Å². The molecule has 0 unspecified atom stereocenters. The van der Waals surface area contributed by atoms with Gasteiger partial charge in [0.05, 0.1) is 18.2 Å². The second kappa shape index (κ2) is 5.33. The van der Waals surface area contributed by atoms with Gasteiger partial charge in [-0.25, -0.2) is 0 Å². The summed E-state index contributed by atoms with van der Waals surface area (Å²) >= 11 is 5.80. The van der Waals surface area contributed by atoms with Crippen LogP contribution in [0.25, 0.3) is 6.08 Å². The minimum absolute atomic E-state index is 0.388. The molecule has 0 aliphatic rings. The Hall–Kier alpha value is -1.59. The number of nitriles is 1. The summed E-state index contributed by atoms with van der Waals surface area (Å²) in [6, 6.07) is 7.71. The van der Waals surface area contributed by atoms with E-state index in [2.05, 4.69) is 17.8 Å². The molecular formula is C12H11ClN2. The fourth-order valence-corrected chi connectivity index (χ4v) is 1.40. The smallest absolute Gasteiger partial charge is 0.0695 e. The van der Waals surface area contributed by atoms with Gasteiger partial charge in [-0.3, -0.25) is 4.99 Å². The molecule has 0 spiro atoms. The average Bonchev–Trinajstić information content (AvgIpc) is 2.18. The monoisotopic (exact) mass is 218 g/mol. The lowest BCUT2D eigenvalue weighted by Crippen LogP contribution is -1.83. The summed E-state index contributed by atoms with van der Waals surface area (Å²) < 4.78 is 0. The first kappa shape index (κ1) is 11.5. The highest BCUT2D eigenvalue weighted by Crippen LogP contribution is 2.23. The van der Waals surface area contributed by atoms with Gasteiger partial charge in [0.1, 0.15) is 0 Å². The summed E-state index contributed by atoms with van der Waals surface area (Å²) in [5.74, 6) is 0. The predicted molar refractivity (Wildman–Crippen MR) is 64.5 cm³/mol. The van der Waals surface area contributed by atoms with Crippen LogP contribution in [0, 0.1) is 11.3 Å². The molecule has 3 heteroatoms. The van der Waals surface area contributed by atoms with Crippen molar-refractivity contribution in [3.8, 4) is 6.07 Å². The fourth-order valence-electron chi connectivity index (χ4n) is 1.28. The Morgan fingerprint density at radius 2 is 2.40 bits per heavy atom. The topological polar surface area (TPSA) is 36.1 Å². The largest absolute Gasteiger partial charge is 0.264 e. The number of hydrogen-bond donors (Lipinski definition) is 0. The molecule has 0 aromatic heterocycles. The first-order valence-corrected chi connectivity index (χ1v) is 4.85. The lowest BCUT2D eigenvalue weighted by Gasteiger charge is -2.03. The summed E-state index contributed by atoms with van der Waals surface area (Å²) in [5.41, 5.74) is 2.62. The van der Waals surface area contributed by atoms with Crippen molar-refractivity contribution in [2.24, 2.45) is 4.99 Å². The minimum atomic E-state index is 0.388. The molecular weight excluding hydrogens is 208 g/mol. The Morgan fingerprint density at radius 3 is 2.93 bits per heavy atom. The van der Waals surface area contributed by atoms with Gasteiger partial charge in [-0.05, 0) is 37.4 Å². The number of allylic oxidation sites excluding steroid dienone is 1. The van der Waals surface area contributed by atoms with Crippen molar-refractivity contribution in [2.45, 2.75) is 13.3 Å². The maximum atomic E-state index is 8.59. The molecule has 0 amide bonds. The SMILES string of the molecule is C=Nc1ccc(CC#N)cc1/C=C(\C)Cl. The summed E-state index contributed by atoms with van der Waals surface area (Å²) in [6.45, 7) is 5.28. The van der Waals surface area contributed by atoms with E-state index in [-0.39, 0.29) is 0 Å². The normalized spacial score (nSPS) is 10.9. The number of hydrogen-bond acceptors (Lipinski definition) is 2. The maximum Gasteiger partial charge on any atom is 0.0695 e. The zero-order chi connectivity index (χ0) is 11.3. The van der Waals surface area contributed by atoms with E-state index in [1.165, 1.54) is 0 Å². The highest BCUT2D eigenvalue weighted by molar-refractivity contribution is 6.31. The molecule has 1 aromatic carbocycles. The fraction of sp³-hybridized carbons (Fsp3) is 0.167. The van der Waals surface area contributed by atoms with Crippen molar-refractivity contribution >= 4 is 30.1 Å². The molecule has 0 saturated carbocycles. The molecule has 0 aliphatic carbocycles. The van der Waals surface area contributed by atoms with Crippen LogP contribution in [0.5, 0.6) is 0 Å². The van der Waals surface area contributed by atoms with E-state index in [0.717, 1.165) is 16.8 Å². The Kier molecular flexibility index (Phi) is 4.08. The Bertz CT molecular complexity index is 437. The Morgan fingerprint density at radius 1 is 1.67 bits per heavy atom. The molecule has 76 valence electrons. The first-order valence-electron chi connectivity index (χ1n) is 4.47. The predicted octanol–water partition coefficient (Wildman–Crippen LogP) is 3.68. The second-order valence-corrected chi connectivity index (χ2v) is 3.71. The summed E-state index contributed by atoms with van der Waals surface area (Å²) in [4.78, 5) is 3.89. The van der Waals surface area contributed by atoms with Gasteiger partial charge >= 0.3 is 0 Å². The van der Waals surface area contributed by atoms with Crippen LogP contribution in [-0.4, -0.2) is 6.72 Å². The molecule has 1 rings (SSSR count). The molecule has 0 heterocycles. The standard InChI is InChI=1S/C12H11ClN2/c1-9(13)7-11-8-10(5-6-14)3-4-12(11)15-2/h3-4,7-8H,2,5H2,1H3/b9-7+. The van der Waals surface area contributed by atoms with Crippen LogP contribution in [0.2, 0.25) is 0 Å². The molecule has 0 radical (unpaired) electrons. The van der Waals surface area contributed by atoms with Gasteiger partial charge < -0.3 is 0 Å². The Balaban J connectivity index is 3.20. The van der Waals surface area contributed by atoms with Crippen molar-refractivity contribution in [1.82, 2.24) is 0 Å². The molecule has 0 aliphatic heterocycles. The van der Waals surface area contributed by atoms with E-state index in [1.807, 2.05) is 24.3 Å². The van der Waals surface area contributed by atoms with E-state index >= 15 is 0 Å². The van der Waals surface area contributed by atoms with E-state index in [0.29, 0.717) is 11.5 Å². The molecule has 0 saturated heterocycles. The van der Waals surface area contributed by atoms with Gasteiger partial charge in [0.25, 0.3) is 0 Å². The van der Waals surface area contributed by atoms with E-state index in [9.17, 15) is 0 Å². The van der Waals surface area contributed by atoms with Gasteiger partial charge in [0.2, 0.25) is 0 Å². The molecule has 0 bridgehead atoms. The third-order valence-electron chi connectivity index (χ3n) is 1.90. The molecule has 15 heavy (non-hydrogen) atoms. The highest BCUT2D eigenvalue weighted by Gasteiger charge is 2.00. The molecule has 0 fully saturated rings. The third-order valence-corrected chi connectivity index (χ3v) is 2.01. The Labute approximate surface area is 94.5 Å². The number of rotatable bonds is 3. The van der Waals surface area contributed by atoms with Gasteiger partial charge in [-0.15, -0.1) is 0 Å². The quantitative estimate of drug-likeness (QED) is 0.713. The van der Waals surface area contributed by atoms with Crippen molar-refractivity contribution in [3.63, 3.8) is 0 Å². The number of aliphatic imine (C=N–C) groups is 1. The van der Waals surface area contributed by atoms with Crippen molar-refractivity contribution in [1.29, 1.82) is 5.26 Å². The summed E-state index contributed by atoms with van der Waals surface area (Å²) in [7, 11) is 0. The van der Waals surface area contributed by atoms with E-state index in [1.54, 1.807) is 6.92 Å². The minimum Gasteiger partial charge on any atom is -0.264 e.